The highest BCUT2D eigenvalue weighted by Crippen LogP contribution is 2.27. The molecule has 0 saturated carbocycles. The van der Waals surface area contributed by atoms with Gasteiger partial charge in [-0.3, -0.25) is 9.88 Å². The maximum atomic E-state index is 5.96. The fourth-order valence-electron chi connectivity index (χ4n) is 3.62. The molecule has 0 bridgehead atoms. The molecule has 0 spiro atoms. The lowest BCUT2D eigenvalue weighted by atomic mass is 10.1. The highest BCUT2D eigenvalue weighted by molar-refractivity contribution is 5.81. The summed E-state index contributed by atoms with van der Waals surface area (Å²) in [6, 6.07) is 16.3. The molecule has 0 unspecified atom stereocenters. The van der Waals surface area contributed by atoms with Crippen molar-refractivity contribution in [2.24, 2.45) is 0 Å². The third-order valence-electron chi connectivity index (χ3n) is 5.13. The number of aromatic nitrogens is 2. The molecule has 0 radical (unpaired) electrons. The molecule has 0 aliphatic heterocycles. The van der Waals surface area contributed by atoms with Crippen LogP contribution in [0, 0.1) is 13.8 Å². The van der Waals surface area contributed by atoms with E-state index in [1.54, 1.807) is 7.11 Å². The fourth-order valence-corrected chi connectivity index (χ4v) is 3.62. The van der Waals surface area contributed by atoms with E-state index in [0.717, 1.165) is 40.4 Å². The summed E-state index contributed by atoms with van der Waals surface area (Å²) in [7, 11) is 3.78. The van der Waals surface area contributed by atoms with E-state index < -0.39 is 0 Å². The maximum Gasteiger partial charge on any atom is 0.226 e. The monoisotopic (exact) mass is 387 g/mol. The van der Waals surface area contributed by atoms with Crippen LogP contribution in [0.4, 0.5) is 0 Å². The molecule has 2 heterocycles. The van der Waals surface area contributed by atoms with Gasteiger partial charge in [-0.1, -0.05) is 18.2 Å². The molecule has 5 heteroatoms. The maximum absolute atomic E-state index is 5.96. The Labute approximate surface area is 171 Å². The first-order valence-electron chi connectivity index (χ1n) is 9.67. The number of pyridine rings is 1. The first-order chi connectivity index (χ1) is 14.0. The van der Waals surface area contributed by atoms with Crippen LogP contribution in [0.5, 0.6) is 5.75 Å². The van der Waals surface area contributed by atoms with Crippen molar-refractivity contribution in [3.05, 3.63) is 77.3 Å². The Hall–Kier alpha value is -3.18. The van der Waals surface area contributed by atoms with Crippen molar-refractivity contribution in [3.63, 3.8) is 0 Å². The van der Waals surface area contributed by atoms with Gasteiger partial charge in [-0.2, -0.15) is 0 Å². The van der Waals surface area contributed by atoms with Crippen molar-refractivity contribution >= 4 is 10.9 Å². The topological polar surface area (TPSA) is 51.4 Å². The summed E-state index contributed by atoms with van der Waals surface area (Å²) in [5.74, 6) is 2.35. The Kier molecular flexibility index (Phi) is 5.32. The molecule has 5 nitrogen and oxygen atoms in total. The Bertz CT molecular complexity index is 1140. The summed E-state index contributed by atoms with van der Waals surface area (Å²) in [5.41, 5.74) is 5.25. The number of fused-ring (bicyclic) bond motifs is 1. The molecule has 0 N–H and O–H groups in total. The number of nitrogens with zero attached hydrogens (tertiary/aromatic N) is 3. The average molecular weight is 387 g/mol. The first kappa shape index (κ1) is 19.2. The van der Waals surface area contributed by atoms with Gasteiger partial charge >= 0.3 is 0 Å². The number of rotatable bonds is 6. The number of methoxy groups -OCH3 is 1. The lowest BCUT2D eigenvalue weighted by Crippen LogP contribution is -2.18. The van der Waals surface area contributed by atoms with Gasteiger partial charge in [0.25, 0.3) is 0 Å². The number of hydrogen-bond acceptors (Lipinski definition) is 5. The second-order valence-electron chi connectivity index (χ2n) is 7.37. The van der Waals surface area contributed by atoms with E-state index in [9.17, 15) is 0 Å². The lowest BCUT2D eigenvalue weighted by molar-refractivity contribution is 0.314. The van der Waals surface area contributed by atoms with Crippen LogP contribution in [-0.2, 0) is 13.1 Å². The summed E-state index contributed by atoms with van der Waals surface area (Å²) < 4.78 is 11.3. The number of aryl methyl sites for hydroxylation is 2. The zero-order valence-corrected chi connectivity index (χ0v) is 17.3. The largest absolute Gasteiger partial charge is 0.496 e. The van der Waals surface area contributed by atoms with E-state index >= 15 is 0 Å². The summed E-state index contributed by atoms with van der Waals surface area (Å²) in [4.78, 5) is 11.5. The van der Waals surface area contributed by atoms with Crippen LogP contribution in [0.15, 0.2) is 59.1 Å². The SMILES string of the molecule is COc1ccc(-c2nc(CN(C)Cc3cccc4ncccc34)c(C)o2)cc1C. The minimum atomic E-state index is 0.644. The Balaban J connectivity index is 1.53. The molecule has 0 fully saturated rings. The van der Waals surface area contributed by atoms with Crippen LogP contribution >= 0.6 is 0 Å². The quantitative estimate of drug-likeness (QED) is 0.458. The normalized spacial score (nSPS) is 11.3. The van der Waals surface area contributed by atoms with Crippen molar-refractivity contribution in [2.75, 3.05) is 14.2 Å². The minimum absolute atomic E-state index is 0.644. The summed E-state index contributed by atoms with van der Waals surface area (Å²) in [6.45, 7) is 5.51. The predicted octanol–water partition coefficient (Wildman–Crippen LogP) is 5.15. The second kappa shape index (κ2) is 8.05. The highest BCUT2D eigenvalue weighted by Gasteiger charge is 2.15. The lowest BCUT2D eigenvalue weighted by Gasteiger charge is -2.16. The van der Waals surface area contributed by atoms with Crippen LogP contribution < -0.4 is 4.74 Å². The van der Waals surface area contributed by atoms with Crippen molar-refractivity contribution in [3.8, 4) is 17.2 Å². The smallest absolute Gasteiger partial charge is 0.226 e. The standard InChI is InChI=1S/C24H25N3O2/c1-16-13-18(10-11-23(16)28-4)24-26-22(17(2)29-24)15-27(3)14-19-7-5-9-21-20(19)8-6-12-25-21/h5-13H,14-15H2,1-4H3. The molecule has 0 atom stereocenters. The van der Waals surface area contributed by atoms with Crippen LogP contribution in [0.3, 0.4) is 0 Å². The van der Waals surface area contributed by atoms with Crippen molar-refractivity contribution in [1.82, 2.24) is 14.9 Å². The number of benzene rings is 2. The Morgan fingerprint density at radius 3 is 2.69 bits per heavy atom. The molecule has 0 amide bonds. The van der Waals surface area contributed by atoms with Crippen molar-refractivity contribution in [2.45, 2.75) is 26.9 Å². The van der Waals surface area contributed by atoms with Crippen molar-refractivity contribution in [1.29, 1.82) is 0 Å². The van der Waals surface area contributed by atoms with Gasteiger partial charge in [-0.25, -0.2) is 4.98 Å². The van der Waals surface area contributed by atoms with Gasteiger partial charge in [0.1, 0.15) is 11.5 Å². The van der Waals surface area contributed by atoms with Gasteiger partial charge < -0.3 is 9.15 Å². The Morgan fingerprint density at radius 2 is 1.90 bits per heavy atom. The number of oxazole rings is 1. The van der Waals surface area contributed by atoms with Gasteiger partial charge in [-0.15, -0.1) is 0 Å². The van der Waals surface area contributed by atoms with E-state index in [0.29, 0.717) is 12.4 Å². The van der Waals surface area contributed by atoms with Crippen LogP contribution in [0.2, 0.25) is 0 Å². The van der Waals surface area contributed by atoms with Gasteiger partial charge in [-0.05, 0) is 62.4 Å². The van der Waals surface area contributed by atoms with E-state index in [1.165, 1.54) is 10.9 Å². The molecule has 148 valence electrons. The zero-order chi connectivity index (χ0) is 20.4. The fraction of sp³-hybridized carbons (Fsp3) is 0.250. The van der Waals surface area contributed by atoms with E-state index in [4.69, 9.17) is 14.1 Å². The molecule has 0 saturated heterocycles. The summed E-state index contributed by atoms with van der Waals surface area (Å²) in [5, 5.41) is 1.19. The summed E-state index contributed by atoms with van der Waals surface area (Å²) >= 11 is 0. The van der Waals surface area contributed by atoms with E-state index in [-0.39, 0.29) is 0 Å². The molecule has 2 aromatic carbocycles. The third-order valence-corrected chi connectivity index (χ3v) is 5.13. The molecular formula is C24H25N3O2. The molecule has 4 rings (SSSR count). The van der Waals surface area contributed by atoms with Crippen LogP contribution in [0.1, 0.15) is 22.6 Å². The Morgan fingerprint density at radius 1 is 1.03 bits per heavy atom. The van der Waals surface area contributed by atoms with Gasteiger partial charge in [0.15, 0.2) is 0 Å². The minimum Gasteiger partial charge on any atom is -0.496 e. The highest BCUT2D eigenvalue weighted by atomic mass is 16.5. The van der Waals surface area contributed by atoms with Crippen molar-refractivity contribution < 1.29 is 9.15 Å². The summed E-state index contributed by atoms with van der Waals surface area (Å²) in [6.07, 6.45) is 1.83. The van der Waals surface area contributed by atoms with Crippen LogP contribution in [-0.4, -0.2) is 29.0 Å². The number of ether oxygens (including phenoxy) is 1. The molecule has 0 aliphatic carbocycles. The average Bonchev–Trinajstić information content (AvgIpc) is 3.08. The molecular weight excluding hydrogens is 362 g/mol. The van der Waals surface area contributed by atoms with Crippen LogP contribution in [0.25, 0.3) is 22.4 Å². The zero-order valence-electron chi connectivity index (χ0n) is 17.3. The van der Waals surface area contributed by atoms with Gasteiger partial charge in [0, 0.05) is 30.2 Å². The second-order valence-corrected chi connectivity index (χ2v) is 7.37. The number of hydrogen-bond donors (Lipinski definition) is 0. The molecule has 29 heavy (non-hydrogen) atoms. The van der Waals surface area contributed by atoms with E-state index in [2.05, 4.69) is 35.1 Å². The molecule has 4 aromatic rings. The van der Waals surface area contributed by atoms with Gasteiger partial charge in [0.2, 0.25) is 5.89 Å². The van der Waals surface area contributed by atoms with E-state index in [1.807, 2.05) is 50.4 Å². The predicted molar refractivity (Wildman–Crippen MR) is 115 cm³/mol. The van der Waals surface area contributed by atoms with Gasteiger partial charge in [0.05, 0.1) is 18.3 Å². The molecule has 2 aromatic heterocycles. The third kappa shape index (κ3) is 4.00. The molecule has 0 aliphatic rings. The first-order valence-corrected chi connectivity index (χ1v) is 9.67.